The number of hydrogen-bond acceptors (Lipinski definition) is 5. The Labute approximate surface area is 170 Å². The lowest BCUT2D eigenvalue weighted by molar-refractivity contribution is -0.138. The summed E-state index contributed by atoms with van der Waals surface area (Å²) in [6.07, 6.45) is -1.72. The molecule has 0 aromatic heterocycles. The predicted molar refractivity (Wildman–Crippen MR) is 105 cm³/mol. The molecule has 9 nitrogen and oxygen atoms in total. The van der Waals surface area contributed by atoms with Gasteiger partial charge in [0, 0.05) is 26.2 Å². The quantitative estimate of drug-likeness (QED) is 0.746. The van der Waals surface area contributed by atoms with Crippen LogP contribution < -0.4 is 5.32 Å². The molecule has 160 valence electrons. The number of hydrogen-bond donors (Lipinski definition) is 2. The number of ether oxygens (including phenoxy) is 2. The van der Waals surface area contributed by atoms with Gasteiger partial charge in [-0.05, 0) is 26.3 Å². The van der Waals surface area contributed by atoms with Gasteiger partial charge in [0.05, 0.1) is 12.2 Å². The summed E-state index contributed by atoms with van der Waals surface area (Å²) in [7, 11) is 0. The Morgan fingerprint density at radius 3 is 2.21 bits per heavy atom. The second kappa shape index (κ2) is 10.1. The summed E-state index contributed by atoms with van der Waals surface area (Å²) in [6, 6.07) is 8.30. The van der Waals surface area contributed by atoms with Crippen LogP contribution >= 0.6 is 0 Å². The SMILES string of the molecule is CC(C)(C)OC[C@H](NC(=O)OCc1ccccc1)C(=O)N1CCN(C(=O)O)CC1. The Morgan fingerprint density at radius 2 is 1.66 bits per heavy atom. The van der Waals surface area contributed by atoms with E-state index in [1.54, 1.807) is 0 Å². The molecule has 1 atom stereocenters. The molecule has 2 N–H and O–H groups in total. The second-order valence-electron chi connectivity index (χ2n) is 7.78. The first-order valence-electron chi connectivity index (χ1n) is 9.53. The van der Waals surface area contributed by atoms with Crippen LogP contribution in [0, 0.1) is 0 Å². The van der Waals surface area contributed by atoms with Crippen molar-refractivity contribution in [1.29, 1.82) is 0 Å². The summed E-state index contributed by atoms with van der Waals surface area (Å²) >= 11 is 0. The number of amides is 3. The van der Waals surface area contributed by atoms with Crippen molar-refractivity contribution in [1.82, 2.24) is 15.1 Å². The molecule has 1 fully saturated rings. The molecule has 9 heteroatoms. The normalized spacial score (nSPS) is 15.6. The van der Waals surface area contributed by atoms with Crippen molar-refractivity contribution in [2.45, 2.75) is 39.0 Å². The summed E-state index contributed by atoms with van der Waals surface area (Å²) in [6.45, 7) is 6.62. The molecule has 3 amide bonds. The zero-order chi connectivity index (χ0) is 21.4. The van der Waals surface area contributed by atoms with Crippen molar-refractivity contribution in [2.75, 3.05) is 32.8 Å². The Kier molecular flexibility index (Phi) is 7.83. The van der Waals surface area contributed by atoms with Crippen LogP contribution in [0.2, 0.25) is 0 Å². The van der Waals surface area contributed by atoms with Crippen molar-refractivity contribution in [3.63, 3.8) is 0 Å². The lowest BCUT2D eigenvalue weighted by Gasteiger charge is -2.35. The van der Waals surface area contributed by atoms with Crippen molar-refractivity contribution in [2.24, 2.45) is 0 Å². The number of nitrogens with zero attached hydrogens (tertiary/aromatic N) is 2. The third kappa shape index (κ3) is 7.61. The minimum Gasteiger partial charge on any atom is -0.465 e. The minimum absolute atomic E-state index is 0.0120. The van der Waals surface area contributed by atoms with Crippen LogP contribution in [-0.2, 0) is 20.9 Å². The highest BCUT2D eigenvalue weighted by molar-refractivity contribution is 5.86. The predicted octanol–water partition coefficient (Wildman–Crippen LogP) is 1.92. The van der Waals surface area contributed by atoms with Crippen molar-refractivity contribution in [3.8, 4) is 0 Å². The topological polar surface area (TPSA) is 108 Å². The smallest absolute Gasteiger partial charge is 0.408 e. The van der Waals surface area contributed by atoms with Gasteiger partial charge in [-0.2, -0.15) is 0 Å². The number of rotatable bonds is 6. The molecule has 1 aromatic carbocycles. The summed E-state index contributed by atoms with van der Waals surface area (Å²) in [4.78, 5) is 39.0. The first-order valence-corrected chi connectivity index (χ1v) is 9.53. The Balaban J connectivity index is 1.95. The Bertz CT molecular complexity index is 696. The molecule has 1 aromatic rings. The molecule has 0 aliphatic carbocycles. The van der Waals surface area contributed by atoms with Crippen LogP contribution in [0.1, 0.15) is 26.3 Å². The third-order valence-electron chi connectivity index (χ3n) is 4.35. The first kappa shape index (κ1) is 22.5. The molecule has 2 rings (SSSR count). The standard InChI is InChI=1S/C20H29N3O6/c1-20(2,3)29-14-16(17(24)22-9-11-23(12-10-22)19(26)27)21-18(25)28-13-15-7-5-4-6-8-15/h4-8,16H,9-14H2,1-3H3,(H,21,25)(H,26,27)/t16-/m0/s1. The number of nitrogens with one attached hydrogen (secondary N) is 1. The highest BCUT2D eigenvalue weighted by Gasteiger charge is 2.31. The van der Waals surface area contributed by atoms with Gasteiger partial charge >= 0.3 is 12.2 Å². The van der Waals surface area contributed by atoms with Crippen molar-refractivity contribution in [3.05, 3.63) is 35.9 Å². The molecule has 1 aliphatic rings. The van der Waals surface area contributed by atoms with Crippen LogP contribution in [0.15, 0.2) is 30.3 Å². The van der Waals surface area contributed by atoms with Crippen LogP contribution in [0.3, 0.4) is 0 Å². The van der Waals surface area contributed by atoms with E-state index in [-0.39, 0.29) is 45.3 Å². The zero-order valence-electron chi connectivity index (χ0n) is 17.1. The van der Waals surface area contributed by atoms with Gasteiger partial charge in [0.15, 0.2) is 0 Å². The van der Waals surface area contributed by atoms with Crippen LogP contribution in [0.4, 0.5) is 9.59 Å². The molecule has 0 radical (unpaired) electrons. The highest BCUT2D eigenvalue weighted by atomic mass is 16.5. The van der Waals surface area contributed by atoms with E-state index in [0.29, 0.717) is 0 Å². The lowest BCUT2D eigenvalue weighted by atomic mass is 10.2. The van der Waals surface area contributed by atoms with Gasteiger partial charge in [0.2, 0.25) is 5.91 Å². The molecule has 0 bridgehead atoms. The third-order valence-corrected chi connectivity index (χ3v) is 4.35. The average molecular weight is 407 g/mol. The number of benzene rings is 1. The molecule has 0 spiro atoms. The van der Waals surface area contributed by atoms with E-state index in [1.165, 1.54) is 9.80 Å². The van der Waals surface area contributed by atoms with Crippen molar-refractivity contribution < 1.29 is 29.0 Å². The highest BCUT2D eigenvalue weighted by Crippen LogP contribution is 2.10. The summed E-state index contributed by atoms with van der Waals surface area (Å²) in [5.41, 5.74) is 0.345. The van der Waals surface area contributed by atoms with Crippen molar-refractivity contribution >= 4 is 18.1 Å². The van der Waals surface area contributed by atoms with Crippen LogP contribution in [0.25, 0.3) is 0 Å². The average Bonchev–Trinajstić information content (AvgIpc) is 2.69. The molecule has 1 saturated heterocycles. The van der Waals surface area contributed by atoms with Crippen LogP contribution in [-0.4, -0.2) is 77.4 Å². The molecule has 1 aliphatic heterocycles. The van der Waals surface area contributed by atoms with E-state index in [4.69, 9.17) is 14.6 Å². The van der Waals surface area contributed by atoms with Gasteiger partial charge in [0.1, 0.15) is 12.6 Å². The molecular formula is C20H29N3O6. The maximum atomic E-state index is 12.9. The summed E-state index contributed by atoms with van der Waals surface area (Å²) in [5, 5.41) is 11.6. The summed E-state index contributed by atoms with van der Waals surface area (Å²) in [5.74, 6) is -0.323. The number of alkyl carbamates (subject to hydrolysis) is 1. The zero-order valence-corrected chi connectivity index (χ0v) is 17.1. The van der Waals surface area contributed by atoms with E-state index >= 15 is 0 Å². The van der Waals surface area contributed by atoms with E-state index in [0.717, 1.165) is 5.56 Å². The van der Waals surface area contributed by atoms with Gasteiger partial charge in [-0.15, -0.1) is 0 Å². The maximum absolute atomic E-state index is 12.9. The van der Waals surface area contributed by atoms with Gasteiger partial charge in [-0.1, -0.05) is 30.3 Å². The maximum Gasteiger partial charge on any atom is 0.408 e. The number of piperazine rings is 1. The summed E-state index contributed by atoms with van der Waals surface area (Å²) < 4.78 is 10.9. The lowest BCUT2D eigenvalue weighted by Crippen LogP contribution is -2.57. The fraction of sp³-hybridized carbons (Fsp3) is 0.550. The number of carbonyl (C=O) groups excluding carboxylic acids is 2. The fourth-order valence-electron chi connectivity index (χ4n) is 2.75. The van der Waals surface area contributed by atoms with E-state index in [1.807, 2.05) is 51.1 Å². The van der Waals surface area contributed by atoms with Crippen LogP contribution in [0.5, 0.6) is 0 Å². The molecular weight excluding hydrogens is 378 g/mol. The second-order valence-corrected chi connectivity index (χ2v) is 7.78. The number of carboxylic acid groups (broad SMARTS) is 1. The van der Waals surface area contributed by atoms with Gasteiger partial charge < -0.3 is 29.7 Å². The minimum atomic E-state index is -1.01. The molecule has 1 heterocycles. The Hall–Kier alpha value is -2.81. The largest absolute Gasteiger partial charge is 0.465 e. The Morgan fingerprint density at radius 1 is 1.07 bits per heavy atom. The van der Waals surface area contributed by atoms with Gasteiger partial charge in [-0.3, -0.25) is 4.79 Å². The van der Waals surface area contributed by atoms with Gasteiger partial charge in [-0.25, -0.2) is 9.59 Å². The molecule has 0 saturated carbocycles. The van der Waals surface area contributed by atoms with Gasteiger partial charge in [0.25, 0.3) is 0 Å². The van der Waals surface area contributed by atoms with E-state index in [9.17, 15) is 14.4 Å². The number of carbonyl (C=O) groups is 3. The molecule has 0 unspecified atom stereocenters. The van der Waals surface area contributed by atoms with E-state index < -0.39 is 23.8 Å². The molecule has 29 heavy (non-hydrogen) atoms. The van der Waals surface area contributed by atoms with E-state index in [2.05, 4.69) is 5.32 Å². The first-order chi connectivity index (χ1) is 13.7. The fourth-order valence-corrected chi connectivity index (χ4v) is 2.75. The monoisotopic (exact) mass is 407 g/mol.